The lowest BCUT2D eigenvalue weighted by Crippen LogP contribution is -2.37. The second-order valence-electron chi connectivity index (χ2n) is 6.33. The van der Waals surface area contributed by atoms with Crippen molar-refractivity contribution < 1.29 is 14.3 Å². The molecule has 6 heteroatoms. The van der Waals surface area contributed by atoms with Gasteiger partial charge in [-0.1, -0.05) is 49.4 Å². The summed E-state index contributed by atoms with van der Waals surface area (Å²) < 4.78 is 5.29. The molecule has 1 aliphatic rings. The van der Waals surface area contributed by atoms with Crippen molar-refractivity contribution in [2.45, 2.75) is 25.9 Å². The summed E-state index contributed by atoms with van der Waals surface area (Å²) in [6, 6.07) is 15.4. The number of nitrogens with zero attached hydrogens (tertiary/aromatic N) is 1. The second kappa shape index (κ2) is 7.32. The number of thiazole rings is 1. The fourth-order valence-corrected chi connectivity index (χ4v) is 3.76. The van der Waals surface area contributed by atoms with Gasteiger partial charge in [-0.15, -0.1) is 11.3 Å². The molecule has 3 aromatic rings. The summed E-state index contributed by atoms with van der Waals surface area (Å²) in [5.41, 5.74) is 4.42. The molecule has 2 aromatic carbocycles. The number of benzene rings is 2. The SMILES string of the molecule is CCc1ccc(-c2csc(NC(=O)C3Cc4ccccc4C(=O)O3)n2)cc1. The Morgan fingerprint density at radius 2 is 2.00 bits per heavy atom. The van der Waals surface area contributed by atoms with Gasteiger partial charge in [-0.25, -0.2) is 9.78 Å². The highest BCUT2D eigenvalue weighted by Crippen LogP contribution is 2.26. The number of carbonyl (C=O) groups excluding carboxylic acids is 2. The molecule has 0 saturated carbocycles. The van der Waals surface area contributed by atoms with Gasteiger partial charge < -0.3 is 4.74 Å². The van der Waals surface area contributed by atoms with Crippen molar-refractivity contribution in [2.75, 3.05) is 5.32 Å². The van der Waals surface area contributed by atoms with Crippen LogP contribution in [0.4, 0.5) is 5.13 Å². The van der Waals surface area contributed by atoms with Crippen LogP contribution in [0.2, 0.25) is 0 Å². The molecule has 136 valence electrons. The number of anilines is 1. The van der Waals surface area contributed by atoms with E-state index in [0.29, 0.717) is 17.1 Å². The van der Waals surface area contributed by atoms with Crippen LogP contribution in [-0.4, -0.2) is 23.0 Å². The van der Waals surface area contributed by atoms with Crippen LogP contribution in [0.1, 0.15) is 28.4 Å². The molecule has 0 radical (unpaired) electrons. The van der Waals surface area contributed by atoms with Crippen molar-refractivity contribution in [3.05, 3.63) is 70.6 Å². The van der Waals surface area contributed by atoms with E-state index < -0.39 is 12.1 Å². The molecule has 1 aliphatic heterocycles. The molecule has 4 rings (SSSR count). The molecule has 1 aromatic heterocycles. The van der Waals surface area contributed by atoms with Gasteiger partial charge in [0, 0.05) is 17.4 Å². The van der Waals surface area contributed by atoms with Crippen molar-refractivity contribution in [1.29, 1.82) is 0 Å². The number of aryl methyl sites for hydroxylation is 1. The number of nitrogens with one attached hydrogen (secondary N) is 1. The first-order valence-electron chi connectivity index (χ1n) is 8.78. The van der Waals surface area contributed by atoms with Gasteiger partial charge in [-0.2, -0.15) is 0 Å². The van der Waals surface area contributed by atoms with E-state index in [1.165, 1.54) is 16.9 Å². The highest BCUT2D eigenvalue weighted by Gasteiger charge is 2.31. The van der Waals surface area contributed by atoms with Crippen LogP contribution >= 0.6 is 11.3 Å². The average molecular weight is 378 g/mol. The van der Waals surface area contributed by atoms with Crippen LogP contribution in [-0.2, 0) is 22.4 Å². The van der Waals surface area contributed by atoms with Crippen LogP contribution in [0.3, 0.4) is 0 Å². The Bertz CT molecular complexity index is 995. The Hall–Kier alpha value is -2.99. The Labute approximate surface area is 161 Å². The van der Waals surface area contributed by atoms with Crippen molar-refractivity contribution in [3.8, 4) is 11.3 Å². The molecule has 27 heavy (non-hydrogen) atoms. The second-order valence-corrected chi connectivity index (χ2v) is 7.19. The topological polar surface area (TPSA) is 68.3 Å². The first-order valence-corrected chi connectivity index (χ1v) is 9.66. The van der Waals surface area contributed by atoms with Crippen molar-refractivity contribution in [1.82, 2.24) is 4.98 Å². The Balaban J connectivity index is 1.46. The Morgan fingerprint density at radius 3 is 2.78 bits per heavy atom. The van der Waals surface area contributed by atoms with Gasteiger partial charge in [-0.3, -0.25) is 10.1 Å². The lowest BCUT2D eigenvalue weighted by molar-refractivity contribution is -0.125. The molecule has 0 spiro atoms. The molecular weight excluding hydrogens is 360 g/mol. The highest BCUT2D eigenvalue weighted by molar-refractivity contribution is 7.14. The molecule has 0 bridgehead atoms. The summed E-state index contributed by atoms with van der Waals surface area (Å²) in [4.78, 5) is 29.1. The van der Waals surface area contributed by atoms with E-state index in [1.54, 1.807) is 12.1 Å². The maximum atomic E-state index is 12.5. The number of aromatic nitrogens is 1. The number of ether oxygens (including phenoxy) is 1. The standard InChI is InChI=1S/C21H18N2O3S/c1-2-13-7-9-14(10-8-13)17-12-27-21(22-17)23-19(24)18-11-15-5-3-4-6-16(15)20(25)26-18/h3-10,12,18H,2,11H2,1H3,(H,22,23,24). The maximum Gasteiger partial charge on any atom is 0.339 e. The minimum Gasteiger partial charge on any atom is -0.448 e. The molecule has 0 aliphatic carbocycles. The summed E-state index contributed by atoms with van der Waals surface area (Å²) in [5, 5.41) is 5.16. The maximum absolute atomic E-state index is 12.5. The van der Waals surface area contributed by atoms with Gasteiger partial charge in [0.15, 0.2) is 11.2 Å². The van der Waals surface area contributed by atoms with Crippen molar-refractivity contribution in [3.63, 3.8) is 0 Å². The molecule has 5 nitrogen and oxygen atoms in total. The van der Waals surface area contributed by atoms with Gasteiger partial charge in [0.05, 0.1) is 11.3 Å². The van der Waals surface area contributed by atoms with Gasteiger partial charge in [0.25, 0.3) is 5.91 Å². The number of fused-ring (bicyclic) bond motifs is 1. The van der Waals surface area contributed by atoms with E-state index in [0.717, 1.165) is 23.2 Å². The van der Waals surface area contributed by atoms with Crippen LogP contribution < -0.4 is 5.32 Å². The number of hydrogen-bond donors (Lipinski definition) is 1. The Morgan fingerprint density at radius 1 is 1.22 bits per heavy atom. The number of hydrogen-bond acceptors (Lipinski definition) is 5. The fraction of sp³-hybridized carbons (Fsp3) is 0.190. The zero-order chi connectivity index (χ0) is 18.8. The van der Waals surface area contributed by atoms with Crippen LogP contribution in [0.25, 0.3) is 11.3 Å². The molecule has 0 saturated heterocycles. The zero-order valence-corrected chi connectivity index (χ0v) is 15.6. The molecule has 1 amide bonds. The normalized spacial score (nSPS) is 15.7. The third kappa shape index (κ3) is 3.61. The molecular formula is C21H18N2O3S. The van der Waals surface area contributed by atoms with Gasteiger partial charge in [0.1, 0.15) is 0 Å². The average Bonchev–Trinajstić information content (AvgIpc) is 3.16. The minimum absolute atomic E-state index is 0.361. The van der Waals surface area contributed by atoms with E-state index in [1.807, 2.05) is 29.6 Å². The van der Waals surface area contributed by atoms with E-state index in [9.17, 15) is 9.59 Å². The molecule has 1 unspecified atom stereocenters. The summed E-state index contributed by atoms with van der Waals surface area (Å²) >= 11 is 1.35. The molecule has 1 N–H and O–H groups in total. The summed E-state index contributed by atoms with van der Waals surface area (Å²) in [6.07, 6.45) is 0.510. The number of cyclic esters (lactones) is 1. The van der Waals surface area contributed by atoms with E-state index in [4.69, 9.17) is 4.74 Å². The van der Waals surface area contributed by atoms with Crippen LogP contribution in [0.5, 0.6) is 0 Å². The van der Waals surface area contributed by atoms with E-state index >= 15 is 0 Å². The lowest BCUT2D eigenvalue weighted by Gasteiger charge is -2.23. The quantitative estimate of drug-likeness (QED) is 0.694. The minimum atomic E-state index is -0.844. The van der Waals surface area contributed by atoms with Crippen LogP contribution in [0.15, 0.2) is 53.9 Å². The van der Waals surface area contributed by atoms with Gasteiger partial charge in [-0.05, 0) is 23.6 Å². The van der Waals surface area contributed by atoms with Crippen LogP contribution in [0, 0.1) is 0 Å². The number of amides is 1. The summed E-state index contributed by atoms with van der Waals surface area (Å²) in [7, 11) is 0. The van der Waals surface area contributed by atoms with E-state index in [2.05, 4.69) is 29.4 Å². The lowest BCUT2D eigenvalue weighted by atomic mass is 9.98. The predicted octanol–water partition coefficient (Wildman–Crippen LogP) is 4.09. The third-order valence-corrected chi connectivity index (χ3v) is 5.33. The smallest absolute Gasteiger partial charge is 0.339 e. The number of esters is 1. The predicted molar refractivity (Wildman–Crippen MR) is 105 cm³/mol. The first-order chi connectivity index (χ1) is 13.1. The summed E-state index contributed by atoms with van der Waals surface area (Å²) in [5.74, 6) is -0.826. The largest absolute Gasteiger partial charge is 0.448 e. The fourth-order valence-electron chi connectivity index (χ4n) is 3.04. The highest BCUT2D eigenvalue weighted by atomic mass is 32.1. The molecule has 1 atom stereocenters. The molecule has 0 fully saturated rings. The third-order valence-electron chi connectivity index (χ3n) is 4.58. The Kier molecular flexibility index (Phi) is 4.73. The number of carbonyl (C=O) groups is 2. The van der Waals surface area contributed by atoms with Gasteiger partial charge in [0.2, 0.25) is 0 Å². The number of rotatable bonds is 4. The first kappa shape index (κ1) is 17.4. The van der Waals surface area contributed by atoms with Gasteiger partial charge >= 0.3 is 5.97 Å². The van der Waals surface area contributed by atoms with E-state index in [-0.39, 0.29) is 5.91 Å². The zero-order valence-electron chi connectivity index (χ0n) is 14.8. The van der Waals surface area contributed by atoms with Crippen molar-refractivity contribution in [2.24, 2.45) is 0 Å². The summed E-state index contributed by atoms with van der Waals surface area (Å²) in [6.45, 7) is 2.11. The van der Waals surface area contributed by atoms with Crippen molar-refractivity contribution >= 4 is 28.3 Å². The monoisotopic (exact) mass is 378 g/mol. The molecule has 2 heterocycles.